The van der Waals surface area contributed by atoms with Crippen molar-refractivity contribution in [2.24, 2.45) is 0 Å². The molecule has 1 aromatic carbocycles. The molecule has 24 heavy (non-hydrogen) atoms. The average molecular weight is 325 g/mol. The van der Waals surface area contributed by atoms with E-state index >= 15 is 0 Å². The van der Waals surface area contributed by atoms with Gasteiger partial charge in [-0.1, -0.05) is 54.1 Å². The molecule has 1 unspecified atom stereocenters. The number of amides is 1. The van der Waals surface area contributed by atoms with Crippen molar-refractivity contribution in [1.82, 2.24) is 5.32 Å². The number of hydrogen-bond donors (Lipinski definition) is 2. The van der Waals surface area contributed by atoms with Crippen molar-refractivity contribution < 1.29 is 9.90 Å². The molecule has 1 aliphatic carbocycles. The molecule has 128 valence electrons. The van der Waals surface area contributed by atoms with Crippen molar-refractivity contribution in [3.05, 3.63) is 71.3 Å². The van der Waals surface area contributed by atoms with Gasteiger partial charge in [-0.2, -0.15) is 0 Å². The Bertz CT molecular complexity index is 686. The van der Waals surface area contributed by atoms with E-state index in [-0.39, 0.29) is 11.8 Å². The van der Waals surface area contributed by atoms with Crippen molar-refractivity contribution in [3.8, 4) is 0 Å². The second kappa shape index (κ2) is 6.78. The molecule has 0 heterocycles. The second-order valence-electron chi connectivity index (χ2n) is 7.44. The van der Waals surface area contributed by atoms with Gasteiger partial charge in [0.05, 0.1) is 11.1 Å². The zero-order valence-corrected chi connectivity index (χ0v) is 15.1. The topological polar surface area (TPSA) is 49.3 Å². The molecule has 2 N–H and O–H groups in total. The van der Waals surface area contributed by atoms with Gasteiger partial charge in [-0.25, -0.2) is 0 Å². The summed E-state index contributed by atoms with van der Waals surface area (Å²) in [4.78, 5) is 12.5. The molecule has 0 aliphatic heterocycles. The van der Waals surface area contributed by atoms with Gasteiger partial charge in [0.2, 0.25) is 0 Å². The molecule has 1 aliphatic rings. The van der Waals surface area contributed by atoms with Crippen LogP contribution in [0.4, 0.5) is 0 Å². The molecule has 0 fully saturated rings. The van der Waals surface area contributed by atoms with Gasteiger partial charge >= 0.3 is 0 Å². The van der Waals surface area contributed by atoms with Crippen molar-refractivity contribution in [1.29, 1.82) is 0 Å². The summed E-state index contributed by atoms with van der Waals surface area (Å²) in [5.41, 5.74) is 1.26. The van der Waals surface area contributed by atoms with Crippen LogP contribution in [0.5, 0.6) is 0 Å². The first-order valence-corrected chi connectivity index (χ1v) is 8.28. The highest BCUT2D eigenvalue weighted by Crippen LogP contribution is 2.24. The number of rotatable bonds is 4. The van der Waals surface area contributed by atoms with Crippen molar-refractivity contribution in [2.45, 2.75) is 51.7 Å². The van der Waals surface area contributed by atoms with Crippen LogP contribution in [-0.4, -0.2) is 22.2 Å². The molecule has 3 heteroatoms. The van der Waals surface area contributed by atoms with Crippen LogP contribution in [0.15, 0.2) is 60.2 Å². The fourth-order valence-electron chi connectivity index (χ4n) is 2.28. The Kier molecular flexibility index (Phi) is 5.14. The average Bonchev–Trinajstić information content (AvgIpc) is 2.72. The molecule has 0 aromatic heterocycles. The molecule has 1 atom stereocenters. The molecular formula is C21H27NO2. The normalized spacial score (nSPS) is 18.1. The van der Waals surface area contributed by atoms with E-state index in [1.165, 1.54) is 11.1 Å². The minimum atomic E-state index is -1.02. The van der Waals surface area contributed by atoms with Gasteiger partial charge in [-0.15, -0.1) is 0 Å². The third-order valence-corrected chi connectivity index (χ3v) is 4.76. The van der Waals surface area contributed by atoms with Crippen LogP contribution < -0.4 is 5.32 Å². The predicted octanol–water partition coefficient (Wildman–Crippen LogP) is 3.80. The summed E-state index contributed by atoms with van der Waals surface area (Å²) in [5, 5.41) is 13.1. The monoisotopic (exact) mass is 325 g/mol. The lowest BCUT2D eigenvalue weighted by molar-refractivity contribution is -0.122. The predicted molar refractivity (Wildman–Crippen MR) is 98.8 cm³/mol. The number of benzene rings is 1. The SMILES string of the molecule is Cc1ccc(C2C=CC=C(C(=O)NC(C)(C)C(C)(C)O)C=C2)cc1. The molecule has 0 spiro atoms. The third kappa shape index (κ3) is 4.24. The maximum Gasteiger partial charge on any atom is 0.251 e. The number of allylic oxidation sites excluding steroid dienone is 4. The number of carbonyl (C=O) groups excluding carboxylic acids is 1. The van der Waals surface area contributed by atoms with Crippen LogP contribution in [-0.2, 0) is 4.79 Å². The van der Waals surface area contributed by atoms with E-state index in [0.717, 1.165) is 0 Å². The van der Waals surface area contributed by atoms with Crippen LogP contribution in [0.3, 0.4) is 0 Å². The molecule has 0 bridgehead atoms. The van der Waals surface area contributed by atoms with E-state index in [2.05, 4.69) is 42.6 Å². The maximum atomic E-state index is 12.5. The summed E-state index contributed by atoms with van der Waals surface area (Å²) in [6.45, 7) is 9.08. The number of aliphatic hydroxyl groups is 1. The Morgan fingerprint density at radius 2 is 1.71 bits per heavy atom. The zero-order valence-electron chi connectivity index (χ0n) is 15.1. The highest BCUT2D eigenvalue weighted by atomic mass is 16.3. The minimum absolute atomic E-state index is 0.148. The van der Waals surface area contributed by atoms with E-state index < -0.39 is 11.1 Å². The summed E-state index contributed by atoms with van der Waals surface area (Å²) in [7, 11) is 0. The first kappa shape index (κ1) is 18.2. The van der Waals surface area contributed by atoms with Crippen LogP contribution in [0.25, 0.3) is 0 Å². The Hall–Kier alpha value is -2.13. The Morgan fingerprint density at radius 1 is 1.08 bits per heavy atom. The number of nitrogens with one attached hydrogen (secondary N) is 1. The molecule has 1 amide bonds. The van der Waals surface area contributed by atoms with Crippen molar-refractivity contribution in [2.75, 3.05) is 0 Å². The van der Waals surface area contributed by atoms with Gasteiger partial charge in [0.15, 0.2) is 0 Å². The minimum Gasteiger partial charge on any atom is -0.388 e. The summed E-state index contributed by atoms with van der Waals surface area (Å²) in [6.07, 6.45) is 9.66. The van der Waals surface area contributed by atoms with Gasteiger partial charge in [0.25, 0.3) is 5.91 Å². The molecule has 0 saturated carbocycles. The van der Waals surface area contributed by atoms with E-state index in [1.807, 2.05) is 32.1 Å². The summed E-state index contributed by atoms with van der Waals surface area (Å²) in [5.74, 6) is -0.0398. The van der Waals surface area contributed by atoms with Gasteiger partial charge in [-0.3, -0.25) is 4.79 Å². The molecule has 3 nitrogen and oxygen atoms in total. The fraction of sp³-hybridized carbons (Fsp3) is 0.381. The Balaban J connectivity index is 2.13. The van der Waals surface area contributed by atoms with Crippen LogP contribution in [0.1, 0.15) is 44.7 Å². The molecule has 2 rings (SSSR count). The zero-order chi connectivity index (χ0) is 18.0. The molecule has 0 saturated heterocycles. The number of carbonyl (C=O) groups is 1. The lowest BCUT2D eigenvalue weighted by Crippen LogP contribution is -2.57. The van der Waals surface area contributed by atoms with Gasteiger partial charge in [-0.05, 0) is 46.3 Å². The van der Waals surface area contributed by atoms with Gasteiger partial charge in [0.1, 0.15) is 0 Å². The third-order valence-electron chi connectivity index (χ3n) is 4.76. The molecule has 1 aromatic rings. The highest BCUT2D eigenvalue weighted by Gasteiger charge is 2.36. The summed E-state index contributed by atoms with van der Waals surface area (Å²) in [6, 6.07) is 8.40. The van der Waals surface area contributed by atoms with Crippen LogP contribution in [0.2, 0.25) is 0 Å². The van der Waals surface area contributed by atoms with Gasteiger partial charge in [0, 0.05) is 11.5 Å². The number of hydrogen-bond acceptors (Lipinski definition) is 2. The Morgan fingerprint density at radius 3 is 2.29 bits per heavy atom. The first-order valence-electron chi connectivity index (χ1n) is 8.28. The lowest BCUT2D eigenvalue weighted by Gasteiger charge is -2.38. The second-order valence-corrected chi connectivity index (χ2v) is 7.44. The van der Waals surface area contributed by atoms with E-state index in [1.54, 1.807) is 19.9 Å². The maximum absolute atomic E-state index is 12.5. The van der Waals surface area contributed by atoms with E-state index in [4.69, 9.17) is 0 Å². The quantitative estimate of drug-likeness (QED) is 0.885. The van der Waals surface area contributed by atoms with E-state index in [0.29, 0.717) is 5.57 Å². The first-order chi connectivity index (χ1) is 11.1. The smallest absolute Gasteiger partial charge is 0.251 e. The highest BCUT2D eigenvalue weighted by molar-refractivity contribution is 5.97. The Labute approximate surface area is 144 Å². The number of aryl methyl sites for hydroxylation is 1. The van der Waals surface area contributed by atoms with Crippen LogP contribution >= 0.6 is 0 Å². The van der Waals surface area contributed by atoms with Crippen molar-refractivity contribution >= 4 is 5.91 Å². The molecular weight excluding hydrogens is 298 g/mol. The summed E-state index contributed by atoms with van der Waals surface area (Å²) < 4.78 is 0. The largest absolute Gasteiger partial charge is 0.388 e. The lowest BCUT2D eigenvalue weighted by atomic mass is 9.85. The fourth-order valence-corrected chi connectivity index (χ4v) is 2.28. The standard InChI is InChI=1S/C21H27NO2/c1-15-9-11-17(12-10-15)16-7-6-8-18(14-13-16)19(23)22-20(2,3)21(4,5)24/h6-14,16,24H,1-5H3,(H,22,23). The van der Waals surface area contributed by atoms with Crippen molar-refractivity contribution in [3.63, 3.8) is 0 Å². The van der Waals surface area contributed by atoms with Crippen LogP contribution in [0, 0.1) is 6.92 Å². The van der Waals surface area contributed by atoms with Gasteiger partial charge < -0.3 is 10.4 Å². The van der Waals surface area contributed by atoms with E-state index in [9.17, 15) is 9.90 Å². The summed E-state index contributed by atoms with van der Waals surface area (Å²) >= 11 is 0. The molecule has 0 radical (unpaired) electrons.